The normalized spacial score (nSPS) is 14.1. The van der Waals surface area contributed by atoms with Crippen molar-refractivity contribution in [2.24, 2.45) is 5.73 Å². The summed E-state index contributed by atoms with van der Waals surface area (Å²) in [6.45, 7) is 3.48. The fourth-order valence-electron chi connectivity index (χ4n) is 7.47. The second-order valence-corrected chi connectivity index (χ2v) is 20.2. The van der Waals surface area contributed by atoms with Gasteiger partial charge in [-0.2, -0.15) is 0 Å². The molecule has 9 nitrogen and oxygen atoms in total. The van der Waals surface area contributed by atoms with E-state index in [2.05, 4.69) is 160 Å². The predicted octanol–water partition coefficient (Wildman–Crippen LogP) is 18.7. The molecule has 0 aliphatic heterocycles. The molecule has 0 spiro atoms. The van der Waals surface area contributed by atoms with Crippen LogP contribution in [0.15, 0.2) is 146 Å². The van der Waals surface area contributed by atoms with Gasteiger partial charge in [0.25, 0.3) is 0 Å². The Hall–Kier alpha value is -4.11. The van der Waals surface area contributed by atoms with Crippen LogP contribution in [0, 0.1) is 0 Å². The van der Waals surface area contributed by atoms with Crippen molar-refractivity contribution in [1.29, 1.82) is 0 Å². The summed E-state index contributed by atoms with van der Waals surface area (Å²) in [5.41, 5.74) is 5.38. The zero-order valence-corrected chi connectivity index (χ0v) is 48.1. The Balaban J connectivity index is 4.07. The maximum atomic E-state index is 12.7. The lowest BCUT2D eigenvalue weighted by atomic mass is 10.1. The van der Waals surface area contributed by atoms with E-state index in [1.807, 2.05) is 0 Å². The number of rotatable bonds is 53. The zero-order chi connectivity index (χ0) is 54.5. The number of hydrogen-bond acceptors (Lipinski definition) is 8. The number of nitrogens with two attached hydrogens (primary N) is 1. The van der Waals surface area contributed by atoms with Crippen LogP contribution in [0.25, 0.3) is 0 Å². The molecule has 0 aromatic carbocycles. The van der Waals surface area contributed by atoms with Crippen molar-refractivity contribution in [3.8, 4) is 0 Å². The molecule has 2 atom stereocenters. The first kappa shape index (κ1) is 70.9. The van der Waals surface area contributed by atoms with E-state index in [1.165, 1.54) is 44.9 Å². The molecule has 2 unspecified atom stereocenters. The van der Waals surface area contributed by atoms with E-state index in [0.717, 1.165) is 135 Å². The highest BCUT2D eigenvalue weighted by atomic mass is 31.2. The first-order chi connectivity index (χ1) is 36.8. The van der Waals surface area contributed by atoms with Crippen molar-refractivity contribution in [1.82, 2.24) is 0 Å². The van der Waals surface area contributed by atoms with Crippen molar-refractivity contribution >= 4 is 19.8 Å². The van der Waals surface area contributed by atoms with E-state index >= 15 is 0 Å². The molecular formula is C65H106NO8P. The van der Waals surface area contributed by atoms with Crippen molar-refractivity contribution in [2.75, 3.05) is 26.4 Å². The first-order valence-corrected chi connectivity index (χ1v) is 30.8. The number of esters is 2. The van der Waals surface area contributed by atoms with E-state index in [0.29, 0.717) is 12.8 Å². The third kappa shape index (κ3) is 59.0. The van der Waals surface area contributed by atoms with Crippen LogP contribution in [0.1, 0.15) is 219 Å². The summed E-state index contributed by atoms with van der Waals surface area (Å²) >= 11 is 0. The molecule has 3 N–H and O–H groups in total. The van der Waals surface area contributed by atoms with Gasteiger partial charge in [-0.15, -0.1) is 0 Å². The van der Waals surface area contributed by atoms with Crippen LogP contribution >= 0.6 is 7.82 Å². The van der Waals surface area contributed by atoms with E-state index in [9.17, 15) is 19.0 Å². The molecule has 0 aromatic heterocycles. The molecule has 0 rings (SSSR count). The summed E-state index contributed by atoms with van der Waals surface area (Å²) in [7, 11) is -4.41. The molecule has 424 valence electrons. The number of carbonyl (C=O) groups excluding carboxylic acids is 2. The lowest BCUT2D eigenvalue weighted by Crippen LogP contribution is -2.29. The Labute approximate surface area is 458 Å². The molecule has 0 fully saturated rings. The minimum Gasteiger partial charge on any atom is -0.462 e. The van der Waals surface area contributed by atoms with Gasteiger partial charge in [0.2, 0.25) is 0 Å². The topological polar surface area (TPSA) is 134 Å². The number of phosphoric acid groups is 1. The van der Waals surface area contributed by atoms with Crippen molar-refractivity contribution in [3.05, 3.63) is 146 Å². The van der Waals surface area contributed by atoms with Gasteiger partial charge in [-0.1, -0.05) is 237 Å². The third-order valence-corrected chi connectivity index (χ3v) is 12.7. The molecule has 0 aromatic rings. The van der Waals surface area contributed by atoms with E-state index in [-0.39, 0.29) is 32.6 Å². The van der Waals surface area contributed by atoms with Gasteiger partial charge in [-0.25, -0.2) is 4.57 Å². The second kappa shape index (κ2) is 59.1. The molecule has 10 heteroatoms. The van der Waals surface area contributed by atoms with Crippen LogP contribution in [-0.4, -0.2) is 49.3 Å². The van der Waals surface area contributed by atoms with E-state index < -0.39 is 32.5 Å². The Bertz CT molecular complexity index is 1730. The van der Waals surface area contributed by atoms with Crippen LogP contribution in [-0.2, 0) is 32.7 Å². The van der Waals surface area contributed by atoms with Crippen LogP contribution in [0.5, 0.6) is 0 Å². The number of carbonyl (C=O) groups is 2. The fourth-order valence-corrected chi connectivity index (χ4v) is 8.23. The summed E-state index contributed by atoms with van der Waals surface area (Å²) in [4.78, 5) is 35.2. The third-order valence-electron chi connectivity index (χ3n) is 11.7. The predicted molar refractivity (Wildman–Crippen MR) is 320 cm³/mol. The maximum absolute atomic E-state index is 12.7. The van der Waals surface area contributed by atoms with Gasteiger partial charge < -0.3 is 20.1 Å². The lowest BCUT2D eigenvalue weighted by Gasteiger charge is -2.19. The monoisotopic (exact) mass is 1060 g/mol. The molecule has 0 saturated heterocycles. The number of phosphoric ester groups is 1. The number of ether oxygens (including phenoxy) is 2. The molecule has 0 aliphatic rings. The van der Waals surface area contributed by atoms with Crippen molar-refractivity contribution in [2.45, 2.75) is 225 Å². The Morgan fingerprint density at radius 2 is 0.693 bits per heavy atom. The summed E-state index contributed by atoms with van der Waals surface area (Å²) in [6.07, 6.45) is 84.6. The van der Waals surface area contributed by atoms with Gasteiger partial charge in [-0.3, -0.25) is 18.6 Å². The van der Waals surface area contributed by atoms with Crippen LogP contribution in [0.2, 0.25) is 0 Å². The zero-order valence-electron chi connectivity index (χ0n) is 47.2. The highest BCUT2D eigenvalue weighted by Crippen LogP contribution is 2.43. The standard InChI is InChI=1S/C65H106NO8P/c1-3-5-7-9-11-13-15-17-19-21-23-25-27-29-30-31-32-34-36-38-40-42-44-46-48-50-52-54-56-58-65(68)74-63(62-73-75(69,70)72-60-59-66)61-71-64(67)57-55-53-51-49-47-45-43-41-39-37-35-33-28-26-24-22-20-18-16-14-12-10-8-6-4-2/h5-8,11-14,17-20,23-26,29-30,32-35,38,40,63H,3-4,9-10,15-16,21-22,27-28,31,36-37,39,41-62,66H2,1-2H3,(H,69,70)/b7-5-,8-6-,13-11-,14-12-,19-17-,20-18-,25-23-,26-24-,30-29-,34-32-,35-33-,40-38-. The summed E-state index contributed by atoms with van der Waals surface area (Å²) in [6, 6.07) is 0. The Kier molecular flexibility index (Phi) is 55.9. The molecule has 75 heavy (non-hydrogen) atoms. The van der Waals surface area contributed by atoms with Gasteiger partial charge in [0.15, 0.2) is 6.10 Å². The highest BCUT2D eigenvalue weighted by molar-refractivity contribution is 7.47. The quantitative estimate of drug-likeness (QED) is 0.0264. The van der Waals surface area contributed by atoms with Crippen LogP contribution < -0.4 is 5.73 Å². The average molecular weight is 1060 g/mol. The minimum absolute atomic E-state index is 0.0422. The van der Waals surface area contributed by atoms with Gasteiger partial charge in [0.1, 0.15) is 6.61 Å². The highest BCUT2D eigenvalue weighted by Gasteiger charge is 2.26. The smallest absolute Gasteiger partial charge is 0.462 e. The van der Waals surface area contributed by atoms with Gasteiger partial charge in [-0.05, 0) is 116 Å². The van der Waals surface area contributed by atoms with Gasteiger partial charge in [0, 0.05) is 19.4 Å². The second-order valence-electron chi connectivity index (χ2n) is 18.7. The molecular weight excluding hydrogens is 954 g/mol. The molecule has 0 saturated carbocycles. The molecule has 0 amide bonds. The largest absolute Gasteiger partial charge is 0.472 e. The maximum Gasteiger partial charge on any atom is 0.472 e. The SMILES string of the molecule is CC/C=C\C/C=C\C/C=C\C/C=C\C/C=C\C/C=C\C/C=C\CCCCCCCCCC(=O)OC(COC(=O)CCCCCCCCCCC/C=C\C/C=C\C/C=C\C/C=C\C/C=C\CC)COP(=O)(O)OCCN. The summed E-state index contributed by atoms with van der Waals surface area (Å²) < 4.78 is 33.0. The lowest BCUT2D eigenvalue weighted by molar-refractivity contribution is -0.161. The Morgan fingerprint density at radius 1 is 0.400 bits per heavy atom. The Morgan fingerprint density at radius 3 is 1.03 bits per heavy atom. The van der Waals surface area contributed by atoms with Gasteiger partial charge in [0.05, 0.1) is 13.2 Å². The fraction of sp³-hybridized carbons (Fsp3) is 0.600. The van der Waals surface area contributed by atoms with Crippen LogP contribution in [0.4, 0.5) is 0 Å². The number of allylic oxidation sites excluding steroid dienone is 24. The molecule has 0 heterocycles. The van der Waals surface area contributed by atoms with Crippen molar-refractivity contribution in [3.63, 3.8) is 0 Å². The first-order valence-electron chi connectivity index (χ1n) is 29.3. The average Bonchev–Trinajstić information content (AvgIpc) is 3.40. The van der Waals surface area contributed by atoms with E-state index in [1.54, 1.807) is 0 Å². The number of hydrogen-bond donors (Lipinski definition) is 2. The summed E-state index contributed by atoms with van der Waals surface area (Å²) in [5.74, 6) is -0.858. The molecule has 0 bridgehead atoms. The van der Waals surface area contributed by atoms with Gasteiger partial charge >= 0.3 is 19.8 Å². The molecule has 0 aliphatic carbocycles. The summed E-state index contributed by atoms with van der Waals surface area (Å²) in [5, 5.41) is 0. The van der Waals surface area contributed by atoms with E-state index in [4.69, 9.17) is 24.3 Å². The van der Waals surface area contributed by atoms with Crippen LogP contribution in [0.3, 0.4) is 0 Å². The van der Waals surface area contributed by atoms with Crippen molar-refractivity contribution < 1.29 is 37.6 Å². The molecule has 0 radical (unpaired) electrons. The number of unbranched alkanes of at least 4 members (excludes halogenated alkanes) is 16. The minimum atomic E-state index is -4.41.